The van der Waals surface area contributed by atoms with Crippen LogP contribution in [-0.4, -0.2) is 11.2 Å². The minimum atomic E-state index is -0.132. The first-order chi connectivity index (χ1) is 10.5. The number of rotatable bonds is 6. The lowest BCUT2D eigenvalue weighted by Crippen LogP contribution is -2.24. The van der Waals surface area contributed by atoms with E-state index in [0.717, 1.165) is 23.4 Å². The lowest BCUT2D eigenvalue weighted by Gasteiger charge is -2.14. The van der Waals surface area contributed by atoms with Gasteiger partial charge in [0.05, 0.1) is 18.0 Å². The topological polar surface area (TPSA) is 57.2 Å². The number of benzene rings is 1. The maximum Gasteiger partial charge on any atom is 0.274 e. The number of nitrogen functional groups attached to an aromatic ring is 1. The Hall–Kier alpha value is -2.23. The molecule has 2 N–H and O–H groups in total. The van der Waals surface area contributed by atoms with Gasteiger partial charge in [0.2, 0.25) is 0 Å². The first-order valence-corrected chi connectivity index (χ1v) is 7.75. The van der Waals surface area contributed by atoms with E-state index in [0.29, 0.717) is 19.1 Å². The van der Waals surface area contributed by atoms with Gasteiger partial charge in [-0.25, -0.2) is 0 Å². The Labute approximate surface area is 131 Å². The molecule has 0 saturated carbocycles. The van der Waals surface area contributed by atoms with Crippen molar-refractivity contribution >= 4 is 5.69 Å². The fourth-order valence-corrected chi connectivity index (χ4v) is 2.30. The standard InChI is InChI=1S/C18H24N2O2/c1-4-10-20-17(9-8-16(19)18(20)21)14-6-5-7-15(11-14)22-12-13(2)3/h5-9,11,13H,4,10,12,19H2,1-3H3. The second-order valence-electron chi connectivity index (χ2n) is 5.86. The van der Waals surface area contributed by atoms with E-state index < -0.39 is 0 Å². The van der Waals surface area contributed by atoms with Crippen LogP contribution in [0.1, 0.15) is 27.2 Å². The Kier molecular flexibility index (Phi) is 5.26. The van der Waals surface area contributed by atoms with Crippen LogP contribution in [0.15, 0.2) is 41.2 Å². The molecule has 118 valence electrons. The number of aromatic nitrogens is 1. The van der Waals surface area contributed by atoms with Gasteiger partial charge in [-0.2, -0.15) is 0 Å². The van der Waals surface area contributed by atoms with E-state index in [1.807, 2.05) is 37.3 Å². The summed E-state index contributed by atoms with van der Waals surface area (Å²) in [6.45, 7) is 7.59. The molecule has 0 amide bonds. The van der Waals surface area contributed by atoms with Crippen molar-refractivity contribution in [1.29, 1.82) is 0 Å². The zero-order valence-corrected chi connectivity index (χ0v) is 13.5. The molecule has 0 bridgehead atoms. The Morgan fingerprint density at radius 3 is 2.68 bits per heavy atom. The van der Waals surface area contributed by atoms with Gasteiger partial charge < -0.3 is 15.0 Å². The highest BCUT2D eigenvalue weighted by molar-refractivity contribution is 5.63. The average Bonchev–Trinajstić information content (AvgIpc) is 2.50. The molecule has 0 atom stereocenters. The summed E-state index contributed by atoms with van der Waals surface area (Å²) in [4.78, 5) is 12.3. The SMILES string of the molecule is CCCn1c(-c2cccc(OCC(C)C)c2)ccc(N)c1=O. The molecule has 0 aliphatic carbocycles. The first kappa shape index (κ1) is 16.1. The number of anilines is 1. The molecular formula is C18H24N2O2. The smallest absolute Gasteiger partial charge is 0.274 e. The number of pyridine rings is 1. The molecule has 2 aromatic rings. The predicted molar refractivity (Wildman–Crippen MR) is 91.2 cm³/mol. The monoisotopic (exact) mass is 300 g/mol. The normalized spacial score (nSPS) is 10.9. The maximum atomic E-state index is 12.3. The van der Waals surface area contributed by atoms with E-state index in [9.17, 15) is 4.79 Å². The van der Waals surface area contributed by atoms with Crippen molar-refractivity contribution < 1.29 is 4.74 Å². The maximum absolute atomic E-state index is 12.3. The summed E-state index contributed by atoms with van der Waals surface area (Å²) in [6, 6.07) is 11.4. The van der Waals surface area contributed by atoms with Gasteiger partial charge in [0.15, 0.2) is 0 Å². The van der Waals surface area contributed by atoms with Crippen LogP contribution in [0.4, 0.5) is 5.69 Å². The summed E-state index contributed by atoms with van der Waals surface area (Å²) in [5.41, 5.74) is 7.74. The highest BCUT2D eigenvalue weighted by atomic mass is 16.5. The number of hydrogen-bond donors (Lipinski definition) is 1. The highest BCUT2D eigenvalue weighted by Gasteiger charge is 2.09. The largest absolute Gasteiger partial charge is 0.493 e. The molecule has 0 unspecified atom stereocenters. The van der Waals surface area contributed by atoms with Crippen molar-refractivity contribution in [3.63, 3.8) is 0 Å². The van der Waals surface area contributed by atoms with Crippen molar-refractivity contribution in [2.45, 2.75) is 33.7 Å². The lowest BCUT2D eigenvalue weighted by molar-refractivity contribution is 0.271. The number of hydrogen-bond acceptors (Lipinski definition) is 3. The molecule has 1 aromatic heterocycles. The van der Waals surface area contributed by atoms with Crippen LogP contribution >= 0.6 is 0 Å². The third kappa shape index (κ3) is 3.70. The van der Waals surface area contributed by atoms with Crippen molar-refractivity contribution in [2.24, 2.45) is 5.92 Å². The zero-order valence-electron chi connectivity index (χ0n) is 13.5. The van der Waals surface area contributed by atoms with Gasteiger partial charge in [0, 0.05) is 12.1 Å². The Bertz CT molecular complexity index is 690. The molecule has 0 aliphatic rings. The molecule has 0 aliphatic heterocycles. The molecular weight excluding hydrogens is 276 g/mol. The number of nitrogens with two attached hydrogens (primary N) is 1. The predicted octanol–water partition coefficient (Wildman–Crippen LogP) is 3.54. The van der Waals surface area contributed by atoms with E-state index in [4.69, 9.17) is 10.5 Å². The van der Waals surface area contributed by atoms with Crippen molar-refractivity contribution in [1.82, 2.24) is 4.57 Å². The van der Waals surface area contributed by atoms with E-state index in [2.05, 4.69) is 13.8 Å². The molecule has 1 aromatic carbocycles. The second-order valence-corrected chi connectivity index (χ2v) is 5.86. The van der Waals surface area contributed by atoms with Gasteiger partial charge in [0.1, 0.15) is 5.75 Å². The van der Waals surface area contributed by atoms with Crippen LogP contribution in [0.5, 0.6) is 5.75 Å². The zero-order chi connectivity index (χ0) is 16.1. The van der Waals surface area contributed by atoms with Gasteiger partial charge in [-0.1, -0.05) is 32.9 Å². The molecule has 0 saturated heterocycles. The fourth-order valence-electron chi connectivity index (χ4n) is 2.30. The Morgan fingerprint density at radius 1 is 1.23 bits per heavy atom. The summed E-state index contributed by atoms with van der Waals surface area (Å²) in [5, 5.41) is 0. The number of nitrogens with zero attached hydrogens (tertiary/aromatic N) is 1. The van der Waals surface area contributed by atoms with E-state index in [-0.39, 0.29) is 11.2 Å². The molecule has 22 heavy (non-hydrogen) atoms. The third-order valence-corrected chi connectivity index (χ3v) is 3.36. The molecule has 0 fully saturated rings. The van der Waals surface area contributed by atoms with Crippen LogP contribution in [-0.2, 0) is 6.54 Å². The Balaban J connectivity index is 2.41. The molecule has 0 radical (unpaired) electrons. The number of ether oxygens (including phenoxy) is 1. The first-order valence-electron chi connectivity index (χ1n) is 7.75. The fraction of sp³-hybridized carbons (Fsp3) is 0.389. The van der Waals surface area contributed by atoms with Gasteiger partial charge in [-0.05, 0) is 36.6 Å². The van der Waals surface area contributed by atoms with Crippen LogP contribution in [0.2, 0.25) is 0 Å². The Morgan fingerprint density at radius 2 is 2.00 bits per heavy atom. The van der Waals surface area contributed by atoms with E-state index in [1.165, 1.54) is 0 Å². The van der Waals surface area contributed by atoms with Crippen molar-refractivity contribution in [2.75, 3.05) is 12.3 Å². The quantitative estimate of drug-likeness (QED) is 0.887. The second kappa shape index (κ2) is 7.16. The summed E-state index contributed by atoms with van der Waals surface area (Å²) in [7, 11) is 0. The van der Waals surface area contributed by atoms with E-state index in [1.54, 1.807) is 10.6 Å². The lowest BCUT2D eigenvalue weighted by atomic mass is 10.1. The van der Waals surface area contributed by atoms with E-state index >= 15 is 0 Å². The molecule has 4 heteroatoms. The third-order valence-electron chi connectivity index (χ3n) is 3.36. The molecule has 4 nitrogen and oxygen atoms in total. The minimum absolute atomic E-state index is 0.132. The van der Waals surface area contributed by atoms with Crippen LogP contribution in [0.25, 0.3) is 11.3 Å². The summed E-state index contributed by atoms with van der Waals surface area (Å²) < 4.78 is 7.50. The highest BCUT2D eigenvalue weighted by Crippen LogP contribution is 2.24. The molecule has 2 rings (SSSR count). The van der Waals surface area contributed by atoms with Crippen LogP contribution in [0, 0.1) is 5.92 Å². The molecule has 1 heterocycles. The van der Waals surface area contributed by atoms with Gasteiger partial charge in [-0.3, -0.25) is 4.79 Å². The van der Waals surface area contributed by atoms with Crippen LogP contribution < -0.4 is 16.0 Å². The van der Waals surface area contributed by atoms with Gasteiger partial charge in [-0.15, -0.1) is 0 Å². The minimum Gasteiger partial charge on any atom is -0.493 e. The van der Waals surface area contributed by atoms with Crippen LogP contribution in [0.3, 0.4) is 0 Å². The van der Waals surface area contributed by atoms with Gasteiger partial charge >= 0.3 is 0 Å². The molecule has 0 spiro atoms. The van der Waals surface area contributed by atoms with Gasteiger partial charge in [0.25, 0.3) is 5.56 Å². The summed E-state index contributed by atoms with van der Waals surface area (Å²) >= 11 is 0. The van der Waals surface area contributed by atoms with Crippen molar-refractivity contribution in [3.8, 4) is 17.0 Å². The summed E-state index contributed by atoms with van der Waals surface area (Å²) in [5.74, 6) is 1.29. The average molecular weight is 300 g/mol. The van der Waals surface area contributed by atoms with Crippen molar-refractivity contribution in [3.05, 3.63) is 46.8 Å². The summed E-state index contributed by atoms with van der Waals surface area (Å²) in [6.07, 6.45) is 0.875.